The summed E-state index contributed by atoms with van der Waals surface area (Å²) < 4.78 is 37.5. The summed E-state index contributed by atoms with van der Waals surface area (Å²) in [7, 11) is -4.10. The van der Waals surface area contributed by atoms with E-state index in [1.807, 2.05) is 18.2 Å². The molecule has 0 aliphatic heterocycles. The molecule has 2 rings (SSSR count). The zero-order valence-corrected chi connectivity index (χ0v) is 18.2. The Bertz CT molecular complexity index is 1060. The van der Waals surface area contributed by atoms with E-state index < -0.39 is 28.1 Å². The summed E-state index contributed by atoms with van der Waals surface area (Å²) >= 11 is 0. The predicted octanol–water partition coefficient (Wildman–Crippen LogP) is 2.14. The van der Waals surface area contributed by atoms with Crippen molar-refractivity contribution in [1.82, 2.24) is 10.0 Å². The number of ether oxygens (including phenoxy) is 2. The third-order valence-corrected chi connectivity index (χ3v) is 5.62. The highest BCUT2D eigenvalue weighted by molar-refractivity contribution is 7.89. The van der Waals surface area contributed by atoms with Crippen molar-refractivity contribution in [2.75, 3.05) is 13.2 Å². The number of sulfonamides is 1. The summed E-state index contributed by atoms with van der Waals surface area (Å²) in [5.74, 6) is 4.45. The SMILES string of the molecule is CC#CCOc1ccc(S(=O)(=O)N[C@H](CCNC(=O)OCc2ccccc2)C(=O)O)cc1. The van der Waals surface area contributed by atoms with Gasteiger partial charge in [0.2, 0.25) is 10.0 Å². The predicted molar refractivity (Wildman–Crippen MR) is 116 cm³/mol. The summed E-state index contributed by atoms with van der Waals surface area (Å²) in [6.07, 6.45) is -0.907. The molecule has 0 unspecified atom stereocenters. The van der Waals surface area contributed by atoms with Gasteiger partial charge < -0.3 is 19.9 Å². The zero-order chi connectivity index (χ0) is 23.4. The van der Waals surface area contributed by atoms with Gasteiger partial charge in [0.15, 0.2) is 0 Å². The van der Waals surface area contributed by atoms with Crippen molar-refractivity contribution in [2.45, 2.75) is 30.9 Å². The van der Waals surface area contributed by atoms with Crippen molar-refractivity contribution in [2.24, 2.45) is 0 Å². The zero-order valence-electron chi connectivity index (χ0n) is 17.4. The Morgan fingerprint density at radius 1 is 1.09 bits per heavy atom. The highest BCUT2D eigenvalue weighted by Gasteiger charge is 2.25. The summed E-state index contributed by atoms with van der Waals surface area (Å²) in [6, 6.07) is 13.1. The molecule has 0 radical (unpaired) electrons. The van der Waals surface area contributed by atoms with Crippen LogP contribution < -0.4 is 14.8 Å². The maximum Gasteiger partial charge on any atom is 0.407 e. The van der Waals surface area contributed by atoms with E-state index in [9.17, 15) is 23.1 Å². The van der Waals surface area contributed by atoms with Gasteiger partial charge in [-0.3, -0.25) is 4.79 Å². The van der Waals surface area contributed by atoms with Crippen LogP contribution in [0.15, 0.2) is 59.5 Å². The van der Waals surface area contributed by atoms with Gasteiger partial charge in [0.1, 0.15) is 25.0 Å². The lowest BCUT2D eigenvalue weighted by atomic mass is 10.2. The molecule has 3 N–H and O–H groups in total. The fourth-order valence-corrected chi connectivity index (χ4v) is 3.71. The van der Waals surface area contributed by atoms with Crippen molar-refractivity contribution in [3.63, 3.8) is 0 Å². The monoisotopic (exact) mass is 460 g/mol. The number of aliphatic carboxylic acids is 1. The summed E-state index contributed by atoms with van der Waals surface area (Å²) in [5, 5.41) is 11.8. The molecule has 0 heterocycles. The van der Waals surface area contributed by atoms with Crippen LogP contribution >= 0.6 is 0 Å². The van der Waals surface area contributed by atoms with Gasteiger partial charge in [-0.25, -0.2) is 13.2 Å². The molecule has 1 amide bonds. The fraction of sp³-hybridized carbons (Fsp3) is 0.273. The molecule has 2 aromatic rings. The van der Waals surface area contributed by atoms with Gasteiger partial charge in [-0.05, 0) is 43.2 Å². The average Bonchev–Trinajstić information content (AvgIpc) is 2.78. The van der Waals surface area contributed by atoms with Crippen LogP contribution in [0, 0.1) is 11.8 Å². The number of hydrogen-bond donors (Lipinski definition) is 3. The Kier molecular flexibility index (Phi) is 9.53. The second kappa shape index (κ2) is 12.3. The summed E-state index contributed by atoms with van der Waals surface area (Å²) in [6.45, 7) is 1.81. The smallest absolute Gasteiger partial charge is 0.407 e. The Hall–Kier alpha value is -3.55. The quantitative estimate of drug-likeness (QED) is 0.438. The van der Waals surface area contributed by atoms with E-state index in [0.29, 0.717) is 5.75 Å². The third-order valence-electron chi connectivity index (χ3n) is 4.13. The fourth-order valence-electron chi connectivity index (χ4n) is 2.49. The standard InChI is InChI=1S/C22H24N2O7S/c1-2-3-15-30-18-9-11-19(12-10-18)32(28,29)24-20(21(25)26)13-14-23-22(27)31-16-17-7-5-4-6-8-17/h4-12,20,24H,13-16H2,1H3,(H,23,27)(H,25,26)/t20-/m1/s1. The maximum absolute atomic E-state index is 12.5. The molecule has 32 heavy (non-hydrogen) atoms. The number of alkyl carbamates (subject to hydrolysis) is 1. The van der Waals surface area contributed by atoms with Gasteiger partial charge in [0, 0.05) is 6.54 Å². The number of hydrogen-bond acceptors (Lipinski definition) is 6. The average molecular weight is 461 g/mol. The van der Waals surface area contributed by atoms with E-state index >= 15 is 0 Å². The van der Waals surface area contributed by atoms with Crippen LogP contribution in [0.1, 0.15) is 18.9 Å². The number of carbonyl (C=O) groups is 2. The van der Waals surface area contributed by atoms with Crippen LogP contribution in [0.5, 0.6) is 5.75 Å². The molecular formula is C22H24N2O7S. The minimum Gasteiger partial charge on any atom is -0.481 e. The van der Waals surface area contributed by atoms with E-state index in [1.54, 1.807) is 19.1 Å². The van der Waals surface area contributed by atoms with Crippen LogP contribution in [-0.4, -0.2) is 44.8 Å². The van der Waals surface area contributed by atoms with Crippen molar-refractivity contribution >= 4 is 22.1 Å². The third kappa shape index (κ3) is 8.29. The lowest BCUT2D eigenvalue weighted by Gasteiger charge is -2.15. The molecule has 0 saturated heterocycles. The van der Waals surface area contributed by atoms with Crippen LogP contribution in [0.3, 0.4) is 0 Å². The molecule has 0 aliphatic carbocycles. The van der Waals surface area contributed by atoms with Gasteiger partial charge in [0.05, 0.1) is 4.90 Å². The van der Waals surface area contributed by atoms with E-state index in [2.05, 4.69) is 21.9 Å². The lowest BCUT2D eigenvalue weighted by Crippen LogP contribution is -2.43. The van der Waals surface area contributed by atoms with Gasteiger partial charge in [-0.1, -0.05) is 36.3 Å². The first-order valence-corrected chi connectivity index (χ1v) is 11.1. The second-order valence-corrected chi connectivity index (χ2v) is 8.19. The van der Waals surface area contributed by atoms with Crippen LogP contribution in [0.25, 0.3) is 0 Å². The van der Waals surface area contributed by atoms with Gasteiger partial charge in [-0.15, -0.1) is 5.92 Å². The molecule has 0 bridgehead atoms. The minimum absolute atomic E-state index is 0.0619. The summed E-state index contributed by atoms with van der Waals surface area (Å²) in [5.41, 5.74) is 0.800. The molecule has 10 heteroatoms. The van der Waals surface area contributed by atoms with Crippen molar-refractivity contribution in [1.29, 1.82) is 0 Å². The van der Waals surface area contributed by atoms with Crippen LogP contribution in [-0.2, 0) is 26.2 Å². The first kappa shape index (κ1) is 24.7. The first-order chi connectivity index (χ1) is 15.3. The number of carboxylic acids is 1. The number of nitrogens with one attached hydrogen (secondary N) is 2. The van der Waals surface area contributed by atoms with Crippen LogP contribution in [0.4, 0.5) is 4.79 Å². The lowest BCUT2D eigenvalue weighted by molar-refractivity contribution is -0.139. The molecule has 0 aliphatic rings. The largest absolute Gasteiger partial charge is 0.481 e. The van der Waals surface area contributed by atoms with Gasteiger partial charge in [-0.2, -0.15) is 4.72 Å². The van der Waals surface area contributed by atoms with E-state index in [4.69, 9.17) is 9.47 Å². The number of carboxylic acid groups (broad SMARTS) is 1. The topological polar surface area (TPSA) is 131 Å². The molecule has 0 fully saturated rings. The summed E-state index contributed by atoms with van der Waals surface area (Å²) in [4.78, 5) is 23.1. The van der Waals surface area contributed by atoms with E-state index in [-0.39, 0.29) is 31.1 Å². The van der Waals surface area contributed by atoms with Gasteiger partial charge in [0.25, 0.3) is 0 Å². The maximum atomic E-state index is 12.5. The number of carbonyl (C=O) groups excluding carboxylic acids is 1. The second-order valence-electron chi connectivity index (χ2n) is 6.48. The van der Waals surface area contributed by atoms with Crippen molar-refractivity contribution < 1.29 is 32.6 Å². The molecule has 0 spiro atoms. The van der Waals surface area contributed by atoms with Crippen LogP contribution in [0.2, 0.25) is 0 Å². The molecule has 2 aromatic carbocycles. The Labute approximate surface area is 186 Å². The molecular weight excluding hydrogens is 436 g/mol. The molecule has 0 saturated carbocycles. The molecule has 0 aromatic heterocycles. The molecule has 9 nitrogen and oxygen atoms in total. The Morgan fingerprint density at radius 3 is 2.41 bits per heavy atom. The molecule has 1 atom stereocenters. The number of benzene rings is 2. The van der Waals surface area contributed by atoms with E-state index in [0.717, 1.165) is 5.56 Å². The first-order valence-electron chi connectivity index (χ1n) is 9.64. The number of rotatable bonds is 11. The minimum atomic E-state index is -4.10. The molecule has 170 valence electrons. The highest BCUT2D eigenvalue weighted by atomic mass is 32.2. The number of amides is 1. The van der Waals surface area contributed by atoms with Gasteiger partial charge >= 0.3 is 12.1 Å². The Balaban J connectivity index is 1.86. The highest BCUT2D eigenvalue weighted by Crippen LogP contribution is 2.16. The van der Waals surface area contributed by atoms with E-state index in [1.165, 1.54) is 24.3 Å². The van der Waals surface area contributed by atoms with Crippen molar-refractivity contribution in [3.05, 3.63) is 60.2 Å². The van der Waals surface area contributed by atoms with Crippen molar-refractivity contribution in [3.8, 4) is 17.6 Å². The Morgan fingerprint density at radius 2 is 1.78 bits per heavy atom. The normalized spacial score (nSPS) is 11.5.